The second-order valence-corrected chi connectivity index (χ2v) is 4.82. The number of carbonyl (C=O) groups excluding carboxylic acids is 1. The largest absolute Gasteiger partial charge is 0.358 e. The van der Waals surface area contributed by atoms with Crippen LogP contribution in [-0.2, 0) is 23.1 Å². The molecular weight excluding hydrogens is 210 g/mol. The third-order valence-corrected chi connectivity index (χ3v) is 3.89. The summed E-state index contributed by atoms with van der Waals surface area (Å²) in [6.07, 6.45) is 4.00. The fourth-order valence-corrected chi connectivity index (χ4v) is 2.81. The van der Waals surface area contributed by atoms with Crippen molar-refractivity contribution in [1.29, 1.82) is 0 Å². The summed E-state index contributed by atoms with van der Waals surface area (Å²) in [7, 11) is 1.74. The molecule has 2 rings (SSSR count). The van der Waals surface area contributed by atoms with E-state index < -0.39 is 0 Å². The van der Waals surface area contributed by atoms with E-state index in [0.29, 0.717) is 0 Å². The first-order valence-corrected chi connectivity index (χ1v) is 6.53. The highest BCUT2D eigenvalue weighted by molar-refractivity contribution is 5.92. The number of hydrogen-bond donors (Lipinski definition) is 1. The zero-order valence-electron chi connectivity index (χ0n) is 11.0. The molecule has 1 amide bonds. The Balaban J connectivity index is 2.54. The molecule has 0 aromatic heterocycles. The molecule has 0 heterocycles. The summed E-state index contributed by atoms with van der Waals surface area (Å²) in [6.45, 7) is 4.33. The van der Waals surface area contributed by atoms with Gasteiger partial charge < -0.3 is 5.32 Å². The van der Waals surface area contributed by atoms with Gasteiger partial charge in [0, 0.05) is 7.05 Å². The molecule has 1 N–H and O–H groups in total. The number of hydrogen-bond acceptors (Lipinski definition) is 1. The van der Waals surface area contributed by atoms with Gasteiger partial charge in [-0.25, -0.2) is 0 Å². The summed E-state index contributed by atoms with van der Waals surface area (Å²) in [6, 6.07) is 6.44. The molecule has 0 bridgehead atoms. The highest BCUT2D eigenvalue weighted by Crippen LogP contribution is 2.51. The summed E-state index contributed by atoms with van der Waals surface area (Å²) in [5.74, 6) is 0.188. The van der Waals surface area contributed by atoms with Crippen LogP contribution in [0.3, 0.4) is 0 Å². The van der Waals surface area contributed by atoms with E-state index in [1.54, 1.807) is 7.05 Å². The lowest BCUT2D eigenvalue weighted by atomic mass is 9.84. The molecule has 1 aromatic rings. The molecule has 1 aliphatic rings. The van der Waals surface area contributed by atoms with E-state index in [4.69, 9.17) is 0 Å². The van der Waals surface area contributed by atoms with Gasteiger partial charge >= 0.3 is 0 Å². The van der Waals surface area contributed by atoms with Crippen LogP contribution in [0.4, 0.5) is 0 Å². The second kappa shape index (κ2) is 4.52. The van der Waals surface area contributed by atoms with Crippen LogP contribution in [0.25, 0.3) is 0 Å². The van der Waals surface area contributed by atoms with Gasteiger partial charge in [-0.1, -0.05) is 32.0 Å². The predicted octanol–water partition coefficient (Wildman–Crippen LogP) is 2.59. The molecule has 1 aliphatic carbocycles. The lowest BCUT2D eigenvalue weighted by molar-refractivity contribution is -0.123. The van der Waals surface area contributed by atoms with Crippen LogP contribution < -0.4 is 5.32 Å². The van der Waals surface area contributed by atoms with Gasteiger partial charge in [-0.05, 0) is 42.4 Å². The number of likely N-dealkylation sites (N-methyl/N-ethyl adjacent to an activating group) is 1. The van der Waals surface area contributed by atoms with Gasteiger partial charge in [-0.2, -0.15) is 0 Å². The van der Waals surface area contributed by atoms with Crippen molar-refractivity contribution in [1.82, 2.24) is 5.32 Å². The Labute approximate surface area is 103 Å². The number of nitrogens with one attached hydrogen (secondary N) is 1. The molecule has 0 aliphatic heterocycles. The number of aryl methyl sites for hydroxylation is 2. The summed E-state index contributed by atoms with van der Waals surface area (Å²) in [4.78, 5) is 12.1. The SMILES string of the molecule is CCc1cccc(CC)c1C1(C(=O)NC)CC1. The molecule has 1 saturated carbocycles. The average molecular weight is 231 g/mol. The van der Waals surface area contributed by atoms with Crippen molar-refractivity contribution in [2.75, 3.05) is 7.05 Å². The molecule has 0 spiro atoms. The highest BCUT2D eigenvalue weighted by Gasteiger charge is 2.52. The quantitative estimate of drug-likeness (QED) is 0.848. The molecule has 17 heavy (non-hydrogen) atoms. The van der Waals surface area contributed by atoms with Crippen molar-refractivity contribution < 1.29 is 4.79 Å². The van der Waals surface area contributed by atoms with Crippen LogP contribution >= 0.6 is 0 Å². The van der Waals surface area contributed by atoms with Gasteiger partial charge in [0.1, 0.15) is 0 Å². The minimum absolute atomic E-state index is 0.188. The monoisotopic (exact) mass is 231 g/mol. The molecule has 1 fully saturated rings. The maximum absolute atomic E-state index is 12.1. The Morgan fingerprint density at radius 1 is 1.24 bits per heavy atom. The zero-order valence-corrected chi connectivity index (χ0v) is 11.0. The van der Waals surface area contributed by atoms with E-state index in [-0.39, 0.29) is 11.3 Å². The second-order valence-electron chi connectivity index (χ2n) is 4.82. The summed E-state index contributed by atoms with van der Waals surface area (Å²) < 4.78 is 0. The van der Waals surface area contributed by atoms with Crippen LogP contribution in [0.5, 0.6) is 0 Å². The number of carbonyl (C=O) groups is 1. The summed E-state index contributed by atoms with van der Waals surface area (Å²) in [5, 5.41) is 2.83. The maximum atomic E-state index is 12.1. The first kappa shape index (κ1) is 12.2. The third kappa shape index (κ3) is 1.86. The Morgan fingerprint density at radius 2 is 1.76 bits per heavy atom. The topological polar surface area (TPSA) is 29.1 Å². The van der Waals surface area contributed by atoms with Crippen molar-refractivity contribution in [3.8, 4) is 0 Å². The van der Waals surface area contributed by atoms with Crippen LogP contribution in [0.15, 0.2) is 18.2 Å². The van der Waals surface area contributed by atoms with Gasteiger partial charge in [0.25, 0.3) is 0 Å². The van der Waals surface area contributed by atoms with Crippen LogP contribution in [-0.4, -0.2) is 13.0 Å². The Morgan fingerprint density at radius 3 is 2.12 bits per heavy atom. The summed E-state index contributed by atoms with van der Waals surface area (Å²) in [5.41, 5.74) is 3.77. The van der Waals surface area contributed by atoms with E-state index in [9.17, 15) is 4.79 Å². The van der Waals surface area contributed by atoms with E-state index in [1.807, 2.05) is 0 Å². The Hall–Kier alpha value is -1.31. The average Bonchev–Trinajstić information content (AvgIpc) is 3.18. The molecular formula is C15H21NO. The van der Waals surface area contributed by atoms with Crippen LogP contribution in [0, 0.1) is 0 Å². The van der Waals surface area contributed by atoms with Crippen molar-refractivity contribution in [3.63, 3.8) is 0 Å². The van der Waals surface area contributed by atoms with Gasteiger partial charge in [0.2, 0.25) is 5.91 Å². The molecule has 0 radical (unpaired) electrons. The van der Waals surface area contributed by atoms with Gasteiger partial charge in [-0.15, -0.1) is 0 Å². The van der Waals surface area contributed by atoms with Gasteiger partial charge in [0.15, 0.2) is 0 Å². The fraction of sp³-hybridized carbons (Fsp3) is 0.533. The lowest BCUT2D eigenvalue weighted by Crippen LogP contribution is -2.33. The van der Waals surface area contributed by atoms with E-state index >= 15 is 0 Å². The summed E-state index contributed by atoms with van der Waals surface area (Å²) >= 11 is 0. The van der Waals surface area contributed by atoms with E-state index in [0.717, 1.165) is 25.7 Å². The van der Waals surface area contributed by atoms with Crippen LogP contribution in [0.1, 0.15) is 43.4 Å². The molecule has 1 aromatic carbocycles. The normalized spacial score (nSPS) is 16.6. The maximum Gasteiger partial charge on any atom is 0.230 e. The van der Waals surface area contributed by atoms with E-state index in [1.165, 1.54) is 16.7 Å². The predicted molar refractivity (Wildman–Crippen MR) is 70.2 cm³/mol. The van der Waals surface area contributed by atoms with Crippen molar-refractivity contribution in [3.05, 3.63) is 34.9 Å². The number of amides is 1. The molecule has 2 heteroatoms. The highest BCUT2D eigenvalue weighted by atomic mass is 16.2. The van der Waals surface area contributed by atoms with Crippen molar-refractivity contribution >= 4 is 5.91 Å². The first-order valence-electron chi connectivity index (χ1n) is 6.53. The van der Waals surface area contributed by atoms with Gasteiger partial charge in [0.05, 0.1) is 5.41 Å². The van der Waals surface area contributed by atoms with Gasteiger partial charge in [-0.3, -0.25) is 4.79 Å². The standard InChI is InChI=1S/C15H21NO/c1-4-11-7-6-8-12(5-2)13(11)15(9-10-15)14(17)16-3/h6-8H,4-5,9-10H2,1-3H3,(H,16,17). The van der Waals surface area contributed by atoms with E-state index in [2.05, 4.69) is 37.4 Å². The third-order valence-electron chi connectivity index (χ3n) is 3.89. The zero-order chi connectivity index (χ0) is 12.5. The Bertz CT molecular complexity index is 410. The smallest absolute Gasteiger partial charge is 0.230 e. The molecule has 92 valence electrons. The molecule has 0 unspecified atom stereocenters. The lowest BCUT2D eigenvalue weighted by Gasteiger charge is -2.21. The Kier molecular flexibility index (Phi) is 3.23. The molecule has 0 saturated heterocycles. The number of benzene rings is 1. The van der Waals surface area contributed by atoms with Crippen molar-refractivity contribution in [2.24, 2.45) is 0 Å². The van der Waals surface area contributed by atoms with Crippen molar-refractivity contribution in [2.45, 2.75) is 44.9 Å². The first-order chi connectivity index (χ1) is 8.19. The molecule has 0 atom stereocenters. The minimum Gasteiger partial charge on any atom is -0.358 e. The number of rotatable bonds is 4. The van der Waals surface area contributed by atoms with Crippen LogP contribution in [0.2, 0.25) is 0 Å². The fourth-order valence-electron chi connectivity index (χ4n) is 2.81. The molecule has 2 nitrogen and oxygen atoms in total. The minimum atomic E-state index is -0.216.